The maximum absolute atomic E-state index is 13.0. The highest BCUT2D eigenvalue weighted by Crippen LogP contribution is 2.31. The maximum atomic E-state index is 13.0. The lowest BCUT2D eigenvalue weighted by atomic mass is 9.99. The third kappa shape index (κ3) is 3.43. The van der Waals surface area contributed by atoms with E-state index in [1.807, 2.05) is 35.7 Å². The van der Waals surface area contributed by atoms with E-state index < -0.39 is 11.9 Å². The van der Waals surface area contributed by atoms with Gasteiger partial charge in [0.2, 0.25) is 0 Å². The third-order valence-electron chi connectivity index (χ3n) is 5.17. The SMILES string of the molecule is O=C(O)c1cccc2cccc(C(=O)Nc3nc(-c4cccc5ccccc45)cs3)c12. The Kier molecular flexibility index (Phi) is 4.69. The van der Waals surface area contributed by atoms with E-state index in [4.69, 9.17) is 0 Å². The lowest BCUT2D eigenvalue weighted by Gasteiger charge is -2.09. The Labute approximate surface area is 181 Å². The van der Waals surface area contributed by atoms with Gasteiger partial charge in [0, 0.05) is 21.9 Å². The Bertz CT molecular complexity index is 1460. The molecule has 5 rings (SSSR count). The van der Waals surface area contributed by atoms with Crippen LogP contribution in [0.25, 0.3) is 32.8 Å². The number of hydrogen-bond acceptors (Lipinski definition) is 4. The smallest absolute Gasteiger partial charge is 0.336 e. The van der Waals surface area contributed by atoms with Crippen molar-refractivity contribution in [2.45, 2.75) is 0 Å². The van der Waals surface area contributed by atoms with Crippen LogP contribution in [0.3, 0.4) is 0 Å². The highest BCUT2D eigenvalue weighted by Gasteiger charge is 2.18. The number of nitrogens with zero attached hydrogens (tertiary/aromatic N) is 1. The summed E-state index contributed by atoms with van der Waals surface area (Å²) in [6, 6.07) is 24.3. The molecular formula is C25H16N2O3S. The zero-order valence-corrected chi connectivity index (χ0v) is 17.0. The number of benzene rings is 4. The van der Waals surface area contributed by atoms with Gasteiger partial charge in [-0.3, -0.25) is 10.1 Å². The first-order valence-corrected chi connectivity index (χ1v) is 10.5. The van der Waals surface area contributed by atoms with Gasteiger partial charge < -0.3 is 5.11 Å². The molecule has 5 aromatic rings. The van der Waals surface area contributed by atoms with Gasteiger partial charge in [0.05, 0.1) is 11.3 Å². The number of rotatable bonds is 4. The Balaban J connectivity index is 1.50. The van der Waals surface area contributed by atoms with Crippen LogP contribution in [0.15, 0.2) is 84.2 Å². The van der Waals surface area contributed by atoms with E-state index in [1.165, 1.54) is 17.4 Å². The van der Waals surface area contributed by atoms with Crippen LogP contribution in [0.5, 0.6) is 0 Å². The van der Waals surface area contributed by atoms with Gasteiger partial charge in [-0.2, -0.15) is 0 Å². The van der Waals surface area contributed by atoms with Gasteiger partial charge >= 0.3 is 5.97 Å². The van der Waals surface area contributed by atoms with Crippen LogP contribution in [0.2, 0.25) is 0 Å². The number of nitrogens with one attached hydrogen (secondary N) is 1. The first-order chi connectivity index (χ1) is 15.1. The fourth-order valence-electron chi connectivity index (χ4n) is 3.78. The van der Waals surface area contributed by atoms with Crippen molar-refractivity contribution in [1.82, 2.24) is 4.98 Å². The van der Waals surface area contributed by atoms with E-state index in [2.05, 4.69) is 22.4 Å². The molecule has 0 bridgehead atoms. The van der Waals surface area contributed by atoms with Gasteiger partial charge in [-0.1, -0.05) is 66.7 Å². The molecule has 1 heterocycles. The molecular weight excluding hydrogens is 408 g/mol. The maximum Gasteiger partial charge on any atom is 0.336 e. The van der Waals surface area contributed by atoms with Gasteiger partial charge in [-0.05, 0) is 28.3 Å². The molecule has 150 valence electrons. The van der Waals surface area contributed by atoms with Crippen LogP contribution in [-0.2, 0) is 0 Å². The van der Waals surface area contributed by atoms with Crippen LogP contribution in [0.4, 0.5) is 5.13 Å². The molecule has 1 amide bonds. The number of carboxylic acids is 1. The van der Waals surface area contributed by atoms with Crippen molar-refractivity contribution in [2.24, 2.45) is 0 Å². The molecule has 0 saturated carbocycles. The van der Waals surface area contributed by atoms with Crippen LogP contribution in [0.1, 0.15) is 20.7 Å². The summed E-state index contributed by atoms with van der Waals surface area (Å²) in [5.41, 5.74) is 2.17. The molecule has 0 aliphatic carbocycles. The molecule has 6 heteroatoms. The number of anilines is 1. The molecule has 0 spiro atoms. The van der Waals surface area contributed by atoms with Crippen molar-refractivity contribution < 1.29 is 14.7 Å². The fourth-order valence-corrected chi connectivity index (χ4v) is 4.48. The number of aromatic nitrogens is 1. The van der Waals surface area contributed by atoms with Gasteiger partial charge in [0.15, 0.2) is 5.13 Å². The summed E-state index contributed by atoms with van der Waals surface area (Å²) >= 11 is 1.33. The number of amides is 1. The van der Waals surface area contributed by atoms with E-state index in [0.29, 0.717) is 21.5 Å². The topological polar surface area (TPSA) is 79.3 Å². The number of carbonyl (C=O) groups excluding carboxylic acids is 1. The second-order valence-electron chi connectivity index (χ2n) is 7.03. The number of carboxylic acid groups (broad SMARTS) is 1. The quantitative estimate of drug-likeness (QED) is 0.367. The average molecular weight is 424 g/mol. The summed E-state index contributed by atoms with van der Waals surface area (Å²) < 4.78 is 0. The predicted molar refractivity (Wildman–Crippen MR) is 124 cm³/mol. The van der Waals surface area contributed by atoms with Gasteiger partial charge in [-0.25, -0.2) is 9.78 Å². The van der Waals surface area contributed by atoms with Crippen molar-refractivity contribution in [3.63, 3.8) is 0 Å². The highest BCUT2D eigenvalue weighted by molar-refractivity contribution is 7.14. The number of hydrogen-bond donors (Lipinski definition) is 2. The van der Waals surface area contributed by atoms with Crippen molar-refractivity contribution in [3.8, 4) is 11.3 Å². The minimum Gasteiger partial charge on any atom is -0.478 e. The zero-order valence-electron chi connectivity index (χ0n) is 16.2. The molecule has 5 nitrogen and oxygen atoms in total. The molecule has 0 fully saturated rings. The fraction of sp³-hybridized carbons (Fsp3) is 0. The summed E-state index contributed by atoms with van der Waals surface area (Å²) in [7, 11) is 0. The van der Waals surface area contributed by atoms with E-state index in [0.717, 1.165) is 22.0 Å². The molecule has 0 saturated heterocycles. The standard InChI is InChI=1S/C25H16N2O3S/c28-23(19-12-4-8-16-9-5-13-20(22(16)19)24(29)30)27-25-26-21(14-31-25)18-11-3-7-15-6-1-2-10-17(15)18/h1-14H,(H,29,30)(H,26,27,28). The molecule has 1 aromatic heterocycles. The Morgan fingerprint density at radius 2 is 1.48 bits per heavy atom. The molecule has 0 aliphatic heterocycles. The lowest BCUT2D eigenvalue weighted by Crippen LogP contribution is -2.13. The minimum absolute atomic E-state index is 0.0961. The average Bonchev–Trinajstić information content (AvgIpc) is 3.26. The van der Waals surface area contributed by atoms with Crippen LogP contribution in [-0.4, -0.2) is 22.0 Å². The molecule has 0 atom stereocenters. The predicted octanol–water partition coefficient (Wildman–Crippen LogP) is 6.07. The summed E-state index contributed by atoms with van der Waals surface area (Å²) in [5, 5.41) is 18.1. The third-order valence-corrected chi connectivity index (χ3v) is 5.93. The van der Waals surface area contributed by atoms with E-state index in [1.54, 1.807) is 30.3 Å². The normalized spacial score (nSPS) is 11.0. The number of carbonyl (C=O) groups is 2. The highest BCUT2D eigenvalue weighted by atomic mass is 32.1. The molecule has 31 heavy (non-hydrogen) atoms. The Hall–Kier alpha value is -4.03. The number of aromatic carboxylic acids is 1. The number of fused-ring (bicyclic) bond motifs is 2. The summed E-state index contributed by atoms with van der Waals surface area (Å²) in [6.07, 6.45) is 0. The van der Waals surface area contributed by atoms with Crippen molar-refractivity contribution in [1.29, 1.82) is 0 Å². The van der Waals surface area contributed by atoms with E-state index in [9.17, 15) is 14.7 Å². The largest absolute Gasteiger partial charge is 0.478 e. The van der Waals surface area contributed by atoms with Gasteiger partial charge in [-0.15, -0.1) is 11.3 Å². The minimum atomic E-state index is -1.07. The second-order valence-corrected chi connectivity index (χ2v) is 7.89. The zero-order chi connectivity index (χ0) is 21.4. The molecule has 4 aromatic carbocycles. The lowest BCUT2D eigenvalue weighted by molar-refractivity contribution is 0.0699. The van der Waals surface area contributed by atoms with Gasteiger partial charge in [0.25, 0.3) is 5.91 Å². The van der Waals surface area contributed by atoms with Crippen molar-refractivity contribution >= 4 is 49.9 Å². The van der Waals surface area contributed by atoms with Crippen molar-refractivity contribution in [2.75, 3.05) is 5.32 Å². The second kappa shape index (κ2) is 7.66. The van der Waals surface area contributed by atoms with E-state index >= 15 is 0 Å². The molecule has 0 aliphatic rings. The Morgan fingerprint density at radius 1 is 0.806 bits per heavy atom. The molecule has 0 unspecified atom stereocenters. The van der Waals surface area contributed by atoms with Crippen LogP contribution >= 0.6 is 11.3 Å². The van der Waals surface area contributed by atoms with Crippen LogP contribution in [0, 0.1) is 0 Å². The summed E-state index contributed by atoms with van der Waals surface area (Å²) in [4.78, 5) is 29.3. The number of thiazole rings is 1. The summed E-state index contributed by atoms with van der Waals surface area (Å²) in [5.74, 6) is -1.46. The first-order valence-electron chi connectivity index (χ1n) is 9.62. The molecule has 2 N–H and O–H groups in total. The summed E-state index contributed by atoms with van der Waals surface area (Å²) in [6.45, 7) is 0. The molecule has 0 radical (unpaired) electrons. The van der Waals surface area contributed by atoms with Crippen LogP contribution < -0.4 is 5.32 Å². The Morgan fingerprint density at radius 3 is 2.29 bits per heavy atom. The van der Waals surface area contributed by atoms with E-state index in [-0.39, 0.29) is 5.56 Å². The monoisotopic (exact) mass is 424 g/mol. The van der Waals surface area contributed by atoms with Gasteiger partial charge in [0.1, 0.15) is 0 Å². The van der Waals surface area contributed by atoms with Crippen molar-refractivity contribution in [3.05, 3.63) is 95.4 Å². The first kappa shape index (κ1) is 19.0.